The van der Waals surface area contributed by atoms with Gasteiger partial charge < -0.3 is 5.11 Å². The van der Waals surface area contributed by atoms with Crippen molar-refractivity contribution in [3.8, 4) is 0 Å². The third-order valence-corrected chi connectivity index (χ3v) is 11.6. The SMILES string of the molecule is CC12CC[C@](C)(O)CC1=CCC1C2CCC2(C)C(CCS(=O)c3ccccc3)CCC12. The summed E-state index contributed by atoms with van der Waals surface area (Å²) in [6, 6.07) is 10.0. The fraction of sp³-hybridized carbons (Fsp3) is 0.714. The van der Waals surface area contributed by atoms with Gasteiger partial charge in [-0.15, -0.1) is 0 Å². The Morgan fingerprint density at radius 3 is 2.55 bits per heavy atom. The first-order valence-electron chi connectivity index (χ1n) is 12.6. The predicted octanol–water partition coefficient (Wildman–Crippen LogP) is 6.51. The number of allylic oxidation sites excluding steroid dienone is 1. The lowest BCUT2D eigenvalue weighted by Crippen LogP contribution is -2.51. The van der Waals surface area contributed by atoms with Crippen LogP contribution in [0.3, 0.4) is 0 Å². The van der Waals surface area contributed by atoms with Gasteiger partial charge in [0.25, 0.3) is 0 Å². The molecule has 8 atom stereocenters. The molecular formula is C28H40O2S. The van der Waals surface area contributed by atoms with Gasteiger partial charge in [0.15, 0.2) is 0 Å². The van der Waals surface area contributed by atoms with Crippen molar-refractivity contribution in [1.82, 2.24) is 0 Å². The predicted molar refractivity (Wildman–Crippen MR) is 128 cm³/mol. The highest BCUT2D eigenvalue weighted by atomic mass is 32.2. The van der Waals surface area contributed by atoms with E-state index in [0.717, 1.165) is 60.0 Å². The minimum absolute atomic E-state index is 0.305. The van der Waals surface area contributed by atoms with E-state index in [9.17, 15) is 9.32 Å². The summed E-state index contributed by atoms with van der Waals surface area (Å²) in [6.07, 6.45) is 13.2. The van der Waals surface area contributed by atoms with Gasteiger partial charge in [0.05, 0.1) is 16.4 Å². The number of aliphatic hydroxyl groups is 1. The van der Waals surface area contributed by atoms with Crippen LogP contribution in [0.1, 0.15) is 78.6 Å². The number of hydrogen-bond donors (Lipinski definition) is 1. The normalized spacial score (nSPS) is 45.2. The molecule has 2 nitrogen and oxygen atoms in total. The summed E-state index contributed by atoms with van der Waals surface area (Å²) in [7, 11) is -0.871. The Balaban J connectivity index is 1.30. The highest BCUT2D eigenvalue weighted by Crippen LogP contribution is 2.67. The maximum atomic E-state index is 12.8. The van der Waals surface area contributed by atoms with Crippen molar-refractivity contribution in [2.75, 3.05) is 5.75 Å². The van der Waals surface area contributed by atoms with Gasteiger partial charge in [-0.2, -0.15) is 0 Å². The van der Waals surface area contributed by atoms with Crippen molar-refractivity contribution in [3.63, 3.8) is 0 Å². The Bertz CT molecular complexity index is 874. The van der Waals surface area contributed by atoms with Crippen LogP contribution >= 0.6 is 0 Å². The van der Waals surface area contributed by atoms with Gasteiger partial charge in [-0.3, -0.25) is 4.21 Å². The summed E-state index contributed by atoms with van der Waals surface area (Å²) < 4.78 is 12.8. The van der Waals surface area contributed by atoms with Crippen molar-refractivity contribution in [3.05, 3.63) is 42.0 Å². The number of hydrogen-bond acceptors (Lipinski definition) is 2. The molecule has 0 radical (unpaired) electrons. The van der Waals surface area contributed by atoms with E-state index in [1.165, 1.54) is 32.1 Å². The second-order valence-corrected chi connectivity index (χ2v) is 13.5. The van der Waals surface area contributed by atoms with Crippen LogP contribution in [0.4, 0.5) is 0 Å². The molecule has 5 rings (SSSR count). The maximum absolute atomic E-state index is 12.8. The van der Waals surface area contributed by atoms with Crippen LogP contribution in [-0.4, -0.2) is 20.7 Å². The van der Waals surface area contributed by atoms with E-state index in [0.29, 0.717) is 10.8 Å². The Kier molecular flexibility index (Phi) is 5.53. The highest BCUT2D eigenvalue weighted by Gasteiger charge is 2.58. The second-order valence-electron chi connectivity index (χ2n) is 11.9. The Labute approximate surface area is 191 Å². The van der Waals surface area contributed by atoms with Crippen molar-refractivity contribution in [2.24, 2.45) is 34.5 Å². The molecule has 3 heteroatoms. The monoisotopic (exact) mass is 440 g/mol. The minimum atomic E-state index is -0.871. The Morgan fingerprint density at radius 1 is 1.00 bits per heavy atom. The van der Waals surface area contributed by atoms with Gasteiger partial charge in [0, 0.05) is 10.6 Å². The Hall–Kier alpha value is -0.930. The molecule has 0 spiro atoms. The van der Waals surface area contributed by atoms with Crippen LogP contribution in [0.5, 0.6) is 0 Å². The molecule has 1 aromatic carbocycles. The third-order valence-electron chi connectivity index (χ3n) is 10.2. The summed E-state index contributed by atoms with van der Waals surface area (Å²) in [4.78, 5) is 0.983. The third kappa shape index (κ3) is 3.68. The zero-order chi connectivity index (χ0) is 21.9. The Morgan fingerprint density at radius 2 is 1.77 bits per heavy atom. The molecule has 0 amide bonds. The van der Waals surface area contributed by atoms with Crippen molar-refractivity contribution < 1.29 is 9.32 Å². The molecule has 3 fully saturated rings. The molecule has 1 aromatic rings. The molecule has 31 heavy (non-hydrogen) atoms. The fourth-order valence-corrected chi connectivity index (χ4v) is 9.52. The average molecular weight is 441 g/mol. The molecule has 4 aliphatic rings. The average Bonchev–Trinajstić information content (AvgIpc) is 3.09. The number of rotatable bonds is 4. The molecule has 0 aromatic heterocycles. The smallest absolute Gasteiger partial charge is 0.0657 e. The van der Waals surface area contributed by atoms with Crippen LogP contribution in [0, 0.1) is 34.5 Å². The summed E-state index contributed by atoms with van der Waals surface area (Å²) in [5.74, 6) is 3.94. The van der Waals surface area contributed by atoms with Crippen molar-refractivity contribution in [2.45, 2.75) is 89.1 Å². The van der Waals surface area contributed by atoms with Crippen molar-refractivity contribution in [1.29, 1.82) is 0 Å². The van der Waals surface area contributed by atoms with Crippen molar-refractivity contribution >= 4 is 10.8 Å². The molecule has 7 unspecified atom stereocenters. The second kappa shape index (κ2) is 7.83. The molecule has 4 aliphatic carbocycles. The van der Waals surface area contributed by atoms with E-state index in [-0.39, 0.29) is 0 Å². The van der Waals surface area contributed by atoms with Gasteiger partial charge in [-0.05, 0) is 111 Å². The van der Waals surface area contributed by atoms with Gasteiger partial charge in [0.2, 0.25) is 0 Å². The summed E-state index contributed by atoms with van der Waals surface area (Å²) in [5, 5.41) is 10.7. The molecule has 0 saturated heterocycles. The number of benzene rings is 1. The molecular weight excluding hydrogens is 400 g/mol. The van der Waals surface area contributed by atoms with E-state index in [4.69, 9.17) is 0 Å². The van der Waals surface area contributed by atoms with E-state index in [2.05, 4.69) is 19.9 Å². The molecule has 170 valence electrons. The van der Waals surface area contributed by atoms with Crippen LogP contribution in [-0.2, 0) is 10.8 Å². The lowest BCUT2D eigenvalue weighted by Gasteiger charge is -2.59. The standard InChI is InChI=1S/C28H40O2S/c1-26(29)16-17-28(3)21(19-26)9-11-23-24-12-10-20(27(24,2)15-13-25(23)28)14-18-31(30)22-7-5-4-6-8-22/h4-9,20,23-25,29H,10-19H2,1-3H3/t20?,23?,24?,25?,26-,27?,28?,31?/m0/s1. The van der Waals surface area contributed by atoms with Gasteiger partial charge in [0.1, 0.15) is 0 Å². The molecule has 0 heterocycles. The topological polar surface area (TPSA) is 37.3 Å². The molecule has 0 bridgehead atoms. The maximum Gasteiger partial charge on any atom is 0.0657 e. The van der Waals surface area contributed by atoms with Gasteiger partial charge >= 0.3 is 0 Å². The largest absolute Gasteiger partial charge is 0.390 e. The molecule has 0 aliphatic heterocycles. The molecule has 3 saturated carbocycles. The van der Waals surface area contributed by atoms with Gasteiger partial charge in [-0.25, -0.2) is 0 Å². The van der Waals surface area contributed by atoms with Gasteiger partial charge in [-0.1, -0.05) is 43.7 Å². The lowest BCUT2D eigenvalue weighted by molar-refractivity contribution is -0.0654. The minimum Gasteiger partial charge on any atom is -0.390 e. The lowest BCUT2D eigenvalue weighted by atomic mass is 9.46. The van der Waals surface area contributed by atoms with Crippen LogP contribution < -0.4 is 0 Å². The quantitative estimate of drug-likeness (QED) is 0.542. The fourth-order valence-electron chi connectivity index (χ4n) is 8.33. The molecule has 1 N–H and O–H groups in total. The van der Waals surface area contributed by atoms with Crippen LogP contribution in [0.2, 0.25) is 0 Å². The van der Waals surface area contributed by atoms with E-state index in [1.807, 2.05) is 37.3 Å². The van der Waals surface area contributed by atoms with E-state index < -0.39 is 16.4 Å². The summed E-state index contributed by atoms with van der Waals surface area (Å²) in [6.45, 7) is 7.12. The summed E-state index contributed by atoms with van der Waals surface area (Å²) in [5.41, 5.74) is 1.78. The first kappa shape index (κ1) is 21.9. The van der Waals surface area contributed by atoms with Crippen LogP contribution in [0.15, 0.2) is 46.9 Å². The van der Waals surface area contributed by atoms with E-state index in [1.54, 1.807) is 5.57 Å². The van der Waals surface area contributed by atoms with Crippen LogP contribution in [0.25, 0.3) is 0 Å². The van der Waals surface area contributed by atoms with E-state index >= 15 is 0 Å². The highest BCUT2D eigenvalue weighted by molar-refractivity contribution is 7.85. The first-order valence-corrected chi connectivity index (χ1v) is 13.9. The zero-order valence-corrected chi connectivity index (χ0v) is 20.4. The first-order chi connectivity index (χ1) is 14.7. The number of fused-ring (bicyclic) bond motifs is 5. The summed E-state index contributed by atoms with van der Waals surface area (Å²) >= 11 is 0. The zero-order valence-electron chi connectivity index (χ0n) is 19.6.